The van der Waals surface area contributed by atoms with Crippen LogP contribution in [0.25, 0.3) is 0 Å². The van der Waals surface area contributed by atoms with E-state index < -0.39 is 14.2 Å². The first kappa shape index (κ1) is 11.0. The molecule has 1 unspecified atom stereocenters. The molecule has 0 spiro atoms. The topological polar surface area (TPSA) is 61.8 Å². The number of para-hydroxylation sites is 1. The summed E-state index contributed by atoms with van der Waals surface area (Å²) in [5.41, 5.74) is -0.372. The number of carbonyl (C=O) groups excluding carboxylic acids is 1. The van der Waals surface area contributed by atoms with Gasteiger partial charge in [-0.1, -0.05) is 18.2 Å². The highest BCUT2D eigenvalue weighted by atomic mass is 31.1. The van der Waals surface area contributed by atoms with Crippen molar-refractivity contribution in [3.05, 3.63) is 30.3 Å². The van der Waals surface area contributed by atoms with Gasteiger partial charge in [-0.2, -0.15) is 0 Å². The van der Waals surface area contributed by atoms with E-state index in [4.69, 9.17) is 4.52 Å². The summed E-state index contributed by atoms with van der Waals surface area (Å²) in [6.07, 6.45) is -0.717. The number of hydrogen-bond donors (Lipinski definition) is 0. The van der Waals surface area contributed by atoms with Crippen molar-refractivity contribution in [2.75, 3.05) is 13.2 Å². The average Bonchev–Trinajstić information content (AvgIpc) is 2.31. The number of carbonyl (C=O) groups is 1. The van der Waals surface area contributed by atoms with Crippen LogP contribution >= 0.6 is 8.03 Å². The quantitative estimate of drug-likeness (QED) is 0.599. The summed E-state index contributed by atoms with van der Waals surface area (Å²) >= 11 is 0. The Morgan fingerprint density at radius 1 is 1.19 bits per heavy atom. The fourth-order valence-corrected chi connectivity index (χ4v) is 2.23. The first-order valence-electron chi connectivity index (χ1n) is 4.82. The van der Waals surface area contributed by atoms with Crippen LogP contribution in [-0.2, 0) is 14.0 Å². The Kier molecular flexibility index (Phi) is 3.47. The molecule has 16 heavy (non-hydrogen) atoms. The normalized spacial score (nSPS) is 18.4. The highest BCUT2D eigenvalue weighted by molar-refractivity contribution is 7.40. The third-order valence-electron chi connectivity index (χ3n) is 2.10. The first-order valence-corrected chi connectivity index (χ1v) is 6.21. The number of rotatable bonds is 3. The van der Waals surface area contributed by atoms with Crippen molar-refractivity contribution in [3.8, 4) is 5.75 Å². The van der Waals surface area contributed by atoms with Gasteiger partial charge in [-0.3, -0.25) is 4.57 Å². The summed E-state index contributed by atoms with van der Waals surface area (Å²) in [6, 6.07) is 8.87. The fourth-order valence-electron chi connectivity index (χ4n) is 1.25. The van der Waals surface area contributed by atoms with E-state index in [2.05, 4.69) is 9.47 Å². The summed E-state index contributed by atoms with van der Waals surface area (Å²) in [6.45, 7) is 0.174. The van der Waals surface area contributed by atoms with E-state index >= 15 is 0 Å². The predicted octanol–water partition coefficient (Wildman–Crippen LogP) is 2.08. The van der Waals surface area contributed by atoms with Crippen molar-refractivity contribution in [2.45, 2.75) is 5.66 Å². The van der Waals surface area contributed by atoms with Crippen LogP contribution in [0.3, 0.4) is 0 Å². The number of hydrogen-bond acceptors (Lipinski definition) is 5. The van der Waals surface area contributed by atoms with Crippen LogP contribution in [0.5, 0.6) is 5.75 Å². The second-order valence-electron chi connectivity index (χ2n) is 3.30. The van der Waals surface area contributed by atoms with Gasteiger partial charge in [-0.05, 0) is 12.1 Å². The summed E-state index contributed by atoms with van der Waals surface area (Å²) in [7, 11) is -2.32. The Morgan fingerprint density at radius 3 is 2.44 bits per heavy atom. The van der Waals surface area contributed by atoms with Crippen molar-refractivity contribution >= 4 is 14.2 Å². The zero-order valence-electron chi connectivity index (χ0n) is 8.42. The molecule has 0 bridgehead atoms. The van der Waals surface area contributed by atoms with Gasteiger partial charge in [0.25, 0.3) is 0 Å². The molecule has 1 atom stereocenters. The Morgan fingerprint density at radius 2 is 1.81 bits per heavy atom. The van der Waals surface area contributed by atoms with Gasteiger partial charge in [0.15, 0.2) is 0 Å². The van der Waals surface area contributed by atoms with Gasteiger partial charge in [0, 0.05) is 0 Å². The van der Waals surface area contributed by atoms with E-state index in [1.807, 2.05) is 6.07 Å². The predicted molar refractivity (Wildman–Crippen MR) is 57.2 cm³/mol. The maximum absolute atomic E-state index is 11.8. The monoisotopic (exact) mass is 242 g/mol. The van der Waals surface area contributed by atoms with Crippen LogP contribution < -0.4 is 4.52 Å². The maximum atomic E-state index is 11.8. The van der Waals surface area contributed by atoms with Crippen molar-refractivity contribution in [2.24, 2.45) is 0 Å². The Bertz CT molecular complexity index is 381. The van der Waals surface area contributed by atoms with E-state index in [1.165, 1.54) is 0 Å². The van der Waals surface area contributed by atoms with E-state index in [9.17, 15) is 9.36 Å². The molecule has 6 heteroatoms. The molecule has 0 aromatic heterocycles. The van der Waals surface area contributed by atoms with E-state index in [1.54, 1.807) is 24.3 Å². The summed E-state index contributed by atoms with van der Waals surface area (Å²) < 4.78 is 26.3. The second-order valence-corrected chi connectivity index (χ2v) is 4.96. The molecule has 0 N–H and O–H groups in total. The summed E-state index contributed by atoms with van der Waals surface area (Å²) in [4.78, 5) is 10.6. The average molecular weight is 242 g/mol. The Balaban J connectivity index is 1.91. The second kappa shape index (κ2) is 5.03. The third kappa shape index (κ3) is 2.76. The third-order valence-corrected chi connectivity index (χ3v) is 3.54. The van der Waals surface area contributed by atoms with Gasteiger partial charge >= 0.3 is 6.16 Å². The number of benzene rings is 1. The smallest absolute Gasteiger partial charge is 0.444 e. The molecule has 0 radical (unpaired) electrons. The molecule has 5 nitrogen and oxygen atoms in total. The molecule has 1 fully saturated rings. The molecule has 1 aromatic rings. The lowest BCUT2D eigenvalue weighted by atomic mass is 10.3. The van der Waals surface area contributed by atoms with Gasteiger partial charge in [-0.15, -0.1) is 0 Å². The van der Waals surface area contributed by atoms with Crippen LogP contribution in [-0.4, -0.2) is 25.0 Å². The van der Waals surface area contributed by atoms with E-state index in [0.717, 1.165) is 0 Å². The number of ether oxygens (including phenoxy) is 2. The molecule has 1 aliphatic heterocycles. The van der Waals surface area contributed by atoms with Crippen molar-refractivity contribution in [3.63, 3.8) is 0 Å². The van der Waals surface area contributed by atoms with Gasteiger partial charge in [0.1, 0.15) is 24.6 Å². The lowest BCUT2D eigenvalue weighted by Crippen LogP contribution is -2.30. The molecule has 1 saturated heterocycles. The zero-order chi connectivity index (χ0) is 11.4. The molecule has 2 rings (SSSR count). The molecule has 0 saturated carbocycles. The van der Waals surface area contributed by atoms with Crippen molar-refractivity contribution in [1.82, 2.24) is 0 Å². The number of cyclic esters (lactones) is 2. The van der Waals surface area contributed by atoms with Crippen molar-refractivity contribution in [1.29, 1.82) is 0 Å². The molecular weight excluding hydrogens is 231 g/mol. The molecule has 1 heterocycles. The minimum atomic E-state index is -2.32. The largest absolute Gasteiger partial charge is 0.508 e. The fraction of sp³-hybridized carbons (Fsp3) is 0.300. The molecular formula is C10H11O5P. The SMILES string of the molecule is O=C1OCC([PH](=O)Oc2ccccc2)CO1. The minimum absolute atomic E-state index is 0.0868. The molecule has 0 amide bonds. The maximum Gasteiger partial charge on any atom is 0.508 e. The van der Waals surface area contributed by atoms with Crippen LogP contribution in [0.2, 0.25) is 0 Å². The van der Waals surface area contributed by atoms with Crippen LogP contribution in [0.15, 0.2) is 30.3 Å². The summed E-state index contributed by atoms with van der Waals surface area (Å²) in [5, 5.41) is 0. The van der Waals surface area contributed by atoms with Gasteiger partial charge < -0.3 is 14.0 Å². The van der Waals surface area contributed by atoms with Crippen LogP contribution in [0, 0.1) is 0 Å². The zero-order valence-corrected chi connectivity index (χ0v) is 9.42. The molecule has 86 valence electrons. The van der Waals surface area contributed by atoms with Gasteiger partial charge in [0.2, 0.25) is 8.03 Å². The molecule has 0 aliphatic carbocycles. The Hall–Kier alpha value is -1.48. The molecule has 1 aromatic carbocycles. The van der Waals surface area contributed by atoms with E-state index in [0.29, 0.717) is 5.75 Å². The standard InChI is InChI=1S/C10H11O5P/c11-10-13-6-9(7-14-10)16(12)15-8-4-2-1-3-5-8/h1-5,9,16H,6-7H2. The van der Waals surface area contributed by atoms with Crippen molar-refractivity contribution < 1.29 is 23.4 Å². The van der Waals surface area contributed by atoms with Gasteiger partial charge in [-0.25, -0.2) is 4.79 Å². The Labute approximate surface area is 93.2 Å². The lowest BCUT2D eigenvalue weighted by molar-refractivity contribution is 0.0205. The molecule has 1 aliphatic rings. The van der Waals surface area contributed by atoms with Gasteiger partial charge in [0.05, 0.1) is 0 Å². The highest BCUT2D eigenvalue weighted by Crippen LogP contribution is 2.33. The van der Waals surface area contributed by atoms with Crippen LogP contribution in [0.1, 0.15) is 0 Å². The summed E-state index contributed by atoms with van der Waals surface area (Å²) in [5.74, 6) is 0.545. The lowest BCUT2D eigenvalue weighted by Gasteiger charge is -2.21. The minimum Gasteiger partial charge on any atom is -0.444 e. The highest BCUT2D eigenvalue weighted by Gasteiger charge is 2.27. The van der Waals surface area contributed by atoms with Crippen LogP contribution in [0.4, 0.5) is 4.79 Å². The van der Waals surface area contributed by atoms with E-state index in [-0.39, 0.29) is 18.9 Å². The first-order chi connectivity index (χ1) is 7.75.